The maximum absolute atomic E-state index is 4.45. The van der Waals surface area contributed by atoms with Crippen LogP contribution in [0.3, 0.4) is 0 Å². The highest BCUT2D eigenvalue weighted by Crippen LogP contribution is 2.27. The Morgan fingerprint density at radius 2 is 1.88 bits per heavy atom. The molecule has 0 bridgehead atoms. The fraction of sp³-hybridized carbons (Fsp3) is 0.667. The lowest BCUT2D eigenvalue weighted by Gasteiger charge is -2.36. The SMILES string of the molecule is Cc1nc(Br)cc(N(C)C(C)C(C)(C)C)n1. The first-order valence-corrected chi connectivity index (χ1v) is 6.25. The largest absolute Gasteiger partial charge is 0.356 e. The Morgan fingerprint density at radius 1 is 1.31 bits per heavy atom. The minimum atomic E-state index is 0.222. The molecular formula is C12H20BrN3. The molecule has 0 fully saturated rings. The number of aryl methyl sites for hydroxylation is 1. The zero-order valence-electron chi connectivity index (χ0n) is 10.9. The summed E-state index contributed by atoms with van der Waals surface area (Å²) >= 11 is 3.40. The third-order valence-electron chi connectivity index (χ3n) is 2.99. The first-order valence-electron chi connectivity index (χ1n) is 5.46. The van der Waals surface area contributed by atoms with Crippen LogP contribution in [0.2, 0.25) is 0 Å². The van der Waals surface area contributed by atoms with Gasteiger partial charge in [0.15, 0.2) is 0 Å². The zero-order chi connectivity index (χ0) is 12.5. The van der Waals surface area contributed by atoms with E-state index in [2.05, 4.69) is 65.5 Å². The van der Waals surface area contributed by atoms with Gasteiger partial charge in [-0.2, -0.15) is 0 Å². The van der Waals surface area contributed by atoms with Gasteiger partial charge in [0.2, 0.25) is 0 Å². The number of rotatable bonds is 2. The van der Waals surface area contributed by atoms with Gasteiger partial charge in [-0.1, -0.05) is 20.8 Å². The summed E-state index contributed by atoms with van der Waals surface area (Å²) in [7, 11) is 2.07. The van der Waals surface area contributed by atoms with Crippen LogP contribution >= 0.6 is 15.9 Å². The molecule has 0 amide bonds. The molecule has 1 rings (SSSR count). The van der Waals surface area contributed by atoms with Crippen molar-refractivity contribution in [1.29, 1.82) is 0 Å². The lowest BCUT2D eigenvalue weighted by molar-refractivity contribution is 0.328. The normalized spacial score (nSPS) is 13.7. The van der Waals surface area contributed by atoms with Crippen LogP contribution in [0.1, 0.15) is 33.5 Å². The number of hydrogen-bond acceptors (Lipinski definition) is 3. The molecular weight excluding hydrogens is 266 g/mol. The molecule has 4 heteroatoms. The van der Waals surface area contributed by atoms with Gasteiger partial charge in [-0.3, -0.25) is 0 Å². The van der Waals surface area contributed by atoms with Gasteiger partial charge in [0.05, 0.1) is 0 Å². The maximum atomic E-state index is 4.45. The van der Waals surface area contributed by atoms with E-state index in [4.69, 9.17) is 0 Å². The second-order valence-electron chi connectivity index (χ2n) is 5.25. The molecule has 0 aliphatic heterocycles. The van der Waals surface area contributed by atoms with Crippen LogP contribution in [0.4, 0.5) is 5.82 Å². The van der Waals surface area contributed by atoms with Crippen LogP contribution in [-0.2, 0) is 0 Å². The summed E-state index contributed by atoms with van der Waals surface area (Å²) in [6.07, 6.45) is 0. The average Bonchev–Trinajstić information content (AvgIpc) is 2.12. The Kier molecular flexibility index (Phi) is 3.94. The minimum absolute atomic E-state index is 0.222. The Bertz CT molecular complexity index is 351. The molecule has 1 unspecified atom stereocenters. The summed E-state index contributed by atoms with van der Waals surface area (Å²) < 4.78 is 0.836. The van der Waals surface area contributed by atoms with Crippen molar-refractivity contribution < 1.29 is 0 Å². The second kappa shape index (κ2) is 4.70. The van der Waals surface area contributed by atoms with Crippen molar-refractivity contribution in [3.63, 3.8) is 0 Å². The highest BCUT2D eigenvalue weighted by Gasteiger charge is 2.25. The highest BCUT2D eigenvalue weighted by atomic mass is 79.9. The van der Waals surface area contributed by atoms with Crippen LogP contribution < -0.4 is 4.90 Å². The van der Waals surface area contributed by atoms with Crippen LogP contribution in [0.5, 0.6) is 0 Å². The van der Waals surface area contributed by atoms with Gasteiger partial charge in [0.1, 0.15) is 16.2 Å². The molecule has 90 valence electrons. The van der Waals surface area contributed by atoms with Gasteiger partial charge in [0, 0.05) is 19.2 Å². The van der Waals surface area contributed by atoms with Crippen molar-refractivity contribution >= 4 is 21.7 Å². The smallest absolute Gasteiger partial charge is 0.133 e. The predicted molar refractivity (Wildman–Crippen MR) is 71.8 cm³/mol. The van der Waals surface area contributed by atoms with Crippen LogP contribution in [0.25, 0.3) is 0 Å². The summed E-state index contributed by atoms with van der Waals surface area (Å²) in [6, 6.07) is 2.36. The lowest BCUT2D eigenvalue weighted by Crippen LogP contribution is -2.39. The Hall–Kier alpha value is -0.640. The van der Waals surface area contributed by atoms with Crippen LogP contribution in [0.15, 0.2) is 10.7 Å². The quantitative estimate of drug-likeness (QED) is 0.780. The monoisotopic (exact) mass is 285 g/mol. The molecule has 0 aliphatic rings. The number of nitrogens with zero attached hydrogens (tertiary/aromatic N) is 3. The Labute approximate surface area is 106 Å². The predicted octanol–water partition coefficient (Wildman–Crippen LogP) is 3.42. The van der Waals surface area contributed by atoms with Gasteiger partial charge in [-0.25, -0.2) is 9.97 Å². The van der Waals surface area contributed by atoms with E-state index >= 15 is 0 Å². The molecule has 0 radical (unpaired) electrons. The van der Waals surface area contributed by atoms with Crippen molar-refractivity contribution in [2.75, 3.05) is 11.9 Å². The Balaban J connectivity index is 3.00. The molecule has 0 spiro atoms. The molecule has 0 aliphatic carbocycles. The van der Waals surface area contributed by atoms with Crippen molar-refractivity contribution in [3.8, 4) is 0 Å². The molecule has 1 heterocycles. The van der Waals surface area contributed by atoms with E-state index in [1.165, 1.54) is 0 Å². The van der Waals surface area contributed by atoms with E-state index < -0.39 is 0 Å². The molecule has 16 heavy (non-hydrogen) atoms. The highest BCUT2D eigenvalue weighted by molar-refractivity contribution is 9.10. The van der Waals surface area contributed by atoms with Gasteiger partial charge in [-0.15, -0.1) is 0 Å². The molecule has 0 saturated carbocycles. The van der Waals surface area contributed by atoms with E-state index in [9.17, 15) is 0 Å². The molecule has 0 N–H and O–H groups in total. The molecule has 1 aromatic heterocycles. The van der Waals surface area contributed by atoms with Crippen LogP contribution in [0, 0.1) is 12.3 Å². The van der Waals surface area contributed by atoms with Gasteiger partial charge < -0.3 is 4.90 Å². The summed E-state index contributed by atoms with van der Waals surface area (Å²) in [4.78, 5) is 10.9. The standard InChI is InChI=1S/C12H20BrN3/c1-8(12(3,4)5)16(6)11-7-10(13)14-9(2)15-11/h7-8H,1-6H3. The topological polar surface area (TPSA) is 29.0 Å². The van der Waals surface area contributed by atoms with Crippen molar-refractivity contribution in [2.45, 2.75) is 40.7 Å². The summed E-state index contributed by atoms with van der Waals surface area (Å²) in [5.41, 5.74) is 0.222. The first kappa shape index (κ1) is 13.4. The average molecular weight is 286 g/mol. The molecule has 1 atom stereocenters. The summed E-state index contributed by atoms with van der Waals surface area (Å²) in [5, 5.41) is 0. The summed E-state index contributed by atoms with van der Waals surface area (Å²) in [5.74, 6) is 1.75. The van der Waals surface area contributed by atoms with Crippen molar-refractivity contribution in [3.05, 3.63) is 16.5 Å². The number of anilines is 1. The van der Waals surface area contributed by atoms with E-state index in [-0.39, 0.29) is 5.41 Å². The maximum Gasteiger partial charge on any atom is 0.133 e. The second-order valence-corrected chi connectivity index (χ2v) is 6.06. The van der Waals surface area contributed by atoms with Crippen LogP contribution in [-0.4, -0.2) is 23.1 Å². The van der Waals surface area contributed by atoms with E-state index in [0.29, 0.717) is 6.04 Å². The summed E-state index contributed by atoms with van der Waals surface area (Å²) in [6.45, 7) is 10.8. The van der Waals surface area contributed by atoms with Gasteiger partial charge >= 0.3 is 0 Å². The number of halogens is 1. The lowest BCUT2D eigenvalue weighted by atomic mass is 9.87. The van der Waals surface area contributed by atoms with E-state index in [0.717, 1.165) is 16.2 Å². The fourth-order valence-corrected chi connectivity index (χ4v) is 1.94. The molecule has 1 aromatic rings. The molecule has 0 saturated heterocycles. The van der Waals surface area contributed by atoms with E-state index in [1.807, 2.05) is 13.0 Å². The molecule has 3 nitrogen and oxygen atoms in total. The Morgan fingerprint density at radius 3 is 2.31 bits per heavy atom. The first-order chi connectivity index (χ1) is 7.21. The van der Waals surface area contributed by atoms with Gasteiger partial charge in [-0.05, 0) is 35.2 Å². The number of hydrogen-bond donors (Lipinski definition) is 0. The van der Waals surface area contributed by atoms with E-state index in [1.54, 1.807) is 0 Å². The molecule has 0 aromatic carbocycles. The fourth-order valence-electron chi connectivity index (χ4n) is 1.48. The van der Waals surface area contributed by atoms with Gasteiger partial charge in [0.25, 0.3) is 0 Å². The number of aromatic nitrogens is 2. The third-order valence-corrected chi connectivity index (χ3v) is 3.40. The third kappa shape index (κ3) is 3.17. The zero-order valence-corrected chi connectivity index (χ0v) is 12.5. The minimum Gasteiger partial charge on any atom is -0.356 e. The van der Waals surface area contributed by atoms with Crippen molar-refractivity contribution in [2.24, 2.45) is 5.41 Å². The van der Waals surface area contributed by atoms with Crippen molar-refractivity contribution in [1.82, 2.24) is 9.97 Å².